The van der Waals surface area contributed by atoms with Crippen LogP contribution in [0.3, 0.4) is 0 Å². The van der Waals surface area contributed by atoms with E-state index < -0.39 is 16.6 Å². The first-order chi connectivity index (χ1) is 6.68. The number of nitro groups is 1. The molecule has 2 rings (SSSR count). The largest absolute Gasteiger partial charge is 0.489 e. The number of hydrogen-bond donors (Lipinski definition) is 0. The van der Waals surface area contributed by atoms with Crippen molar-refractivity contribution in [3.05, 3.63) is 27.7 Å². The molecule has 1 aromatic rings. The van der Waals surface area contributed by atoms with Crippen molar-refractivity contribution in [3.8, 4) is 5.75 Å². The van der Waals surface area contributed by atoms with Gasteiger partial charge in [0.15, 0.2) is 11.4 Å². The van der Waals surface area contributed by atoms with Crippen LogP contribution in [0.5, 0.6) is 5.75 Å². The molecule has 0 saturated heterocycles. The molecule has 6 heteroatoms. The molecule has 0 atom stereocenters. The van der Waals surface area contributed by atoms with E-state index in [0.29, 0.717) is 24.5 Å². The van der Waals surface area contributed by atoms with Gasteiger partial charge in [0.1, 0.15) is 0 Å². The molecule has 14 heavy (non-hydrogen) atoms. The van der Waals surface area contributed by atoms with E-state index in [-0.39, 0.29) is 0 Å². The Kier molecular flexibility index (Phi) is 2.03. The summed E-state index contributed by atoms with van der Waals surface area (Å²) in [6.07, 6.45) is 1.35. The van der Waals surface area contributed by atoms with Crippen LogP contribution in [0.1, 0.15) is 12.1 Å². The normalized spacial score (nSPS) is 14.4. The molecule has 0 aliphatic carbocycles. The van der Waals surface area contributed by atoms with Gasteiger partial charge in [-0.15, -0.1) is 0 Å². The number of rotatable bonds is 1. The molecule has 74 valence electrons. The molecular weight excluding hydrogens is 191 g/mol. The summed E-state index contributed by atoms with van der Waals surface area (Å²) < 4.78 is 18.2. The van der Waals surface area contributed by atoms with E-state index in [1.54, 1.807) is 0 Å². The summed E-state index contributed by atoms with van der Waals surface area (Å²) in [5, 5.41) is 10.4. The molecule has 0 amide bonds. The summed E-state index contributed by atoms with van der Waals surface area (Å²) in [6.45, 7) is 0.506. The van der Waals surface area contributed by atoms with E-state index in [1.807, 2.05) is 0 Å². The third-order valence-corrected chi connectivity index (χ3v) is 1.99. The van der Waals surface area contributed by atoms with Crippen molar-refractivity contribution < 1.29 is 14.1 Å². The van der Waals surface area contributed by atoms with Gasteiger partial charge in [-0.3, -0.25) is 0 Å². The first-order valence-electron chi connectivity index (χ1n) is 4.15. The van der Waals surface area contributed by atoms with Gasteiger partial charge in [0.2, 0.25) is 5.82 Å². The highest BCUT2D eigenvalue weighted by Gasteiger charge is 2.24. The molecule has 0 aromatic carbocycles. The zero-order valence-corrected chi connectivity index (χ0v) is 7.20. The SMILES string of the molecule is O=[N+]([O-])c1nc2c(cc1F)OCCC2. The second kappa shape index (κ2) is 3.21. The van der Waals surface area contributed by atoms with Gasteiger partial charge in [-0.05, 0) is 16.3 Å². The molecule has 0 N–H and O–H groups in total. The number of nitrogens with zero attached hydrogens (tertiary/aromatic N) is 2. The van der Waals surface area contributed by atoms with Gasteiger partial charge in [-0.25, -0.2) is 0 Å². The Morgan fingerprint density at radius 3 is 3.14 bits per heavy atom. The van der Waals surface area contributed by atoms with Gasteiger partial charge >= 0.3 is 5.82 Å². The number of hydrogen-bond acceptors (Lipinski definition) is 4. The number of ether oxygens (including phenoxy) is 1. The minimum atomic E-state index is -0.948. The number of aromatic nitrogens is 1. The second-order valence-electron chi connectivity index (χ2n) is 2.95. The van der Waals surface area contributed by atoms with Crippen molar-refractivity contribution in [2.24, 2.45) is 0 Å². The third-order valence-electron chi connectivity index (χ3n) is 1.99. The Morgan fingerprint density at radius 1 is 1.64 bits per heavy atom. The van der Waals surface area contributed by atoms with Gasteiger partial charge in [-0.2, -0.15) is 4.39 Å². The molecule has 1 aromatic heterocycles. The smallest absolute Gasteiger partial charge is 0.400 e. The maximum absolute atomic E-state index is 13.0. The van der Waals surface area contributed by atoms with Crippen molar-refractivity contribution in [1.29, 1.82) is 0 Å². The van der Waals surface area contributed by atoms with E-state index in [2.05, 4.69) is 4.98 Å². The number of aryl methyl sites for hydroxylation is 1. The Balaban J connectivity index is 2.50. The molecule has 1 aliphatic heterocycles. The fourth-order valence-electron chi connectivity index (χ4n) is 1.35. The van der Waals surface area contributed by atoms with Gasteiger partial charge in [0.05, 0.1) is 6.61 Å². The van der Waals surface area contributed by atoms with Crippen molar-refractivity contribution in [2.45, 2.75) is 12.8 Å². The summed E-state index contributed by atoms with van der Waals surface area (Å²) in [4.78, 5) is 13.2. The number of halogens is 1. The molecule has 0 saturated carbocycles. The quantitative estimate of drug-likeness (QED) is 0.506. The standard InChI is InChI=1S/C8H7FN2O3/c9-5-4-7-6(2-1-3-14-7)10-8(5)11(12)13/h4H,1-3H2. The van der Waals surface area contributed by atoms with E-state index in [0.717, 1.165) is 12.5 Å². The molecule has 0 spiro atoms. The Morgan fingerprint density at radius 2 is 2.43 bits per heavy atom. The van der Waals surface area contributed by atoms with Gasteiger partial charge in [-0.1, -0.05) is 0 Å². The van der Waals surface area contributed by atoms with Crippen molar-refractivity contribution in [3.63, 3.8) is 0 Å². The maximum atomic E-state index is 13.0. The third kappa shape index (κ3) is 1.39. The second-order valence-corrected chi connectivity index (χ2v) is 2.95. The number of pyridine rings is 1. The molecule has 0 fully saturated rings. The summed E-state index contributed by atoms with van der Waals surface area (Å²) in [6, 6.07) is 1.03. The van der Waals surface area contributed by atoms with Crippen LogP contribution in [0, 0.1) is 15.9 Å². The first kappa shape index (κ1) is 8.86. The molecular formula is C8H7FN2O3. The predicted molar refractivity (Wildman–Crippen MR) is 44.7 cm³/mol. The number of fused-ring (bicyclic) bond motifs is 1. The van der Waals surface area contributed by atoms with Gasteiger partial charge < -0.3 is 14.9 Å². The van der Waals surface area contributed by atoms with Gasteiger partial charge in [0.25, 0.3) is 0 Å². The van der Waals surface area contributed by atoms with E-state index in [9.17, 15) is 14.5 Å². The topological polar surface area (TPSA) is 65.3 Å². The molecule has 1 aliphatic rings. The zero-order chi connectivity index (χ0) is 10.1. The lowest BCUT2D eigenvalue weighted by Gasteiger charge is -2.12. The highest BCUT2D eigenvalue weighted by Crippen LogP contribution is 2.27. The monoisotopic (exact) mass is 198 g/mol. The molecule has 0 unspecified atom stereocenters. The van der Waals surface area contributed by atoms with Crippen molar-refractivity contribution >= 4 is 5.82 Å². The minimum Gasteiger partial charge on any atom is -0.489 e. The van der Waals surface area contributed by atoms with Crippen LogP contribution in [0.2, 0.25) is 0 Å². The van der Waals surface area contributed by atoms with Crippen LogP contribution in [0.4, 0.5) is 10.2 Å². The predicted octanol–water partition coefficient (Wildman–Crippen LogP) is 1.45. The zero-order valence-electron chi connectivity index (χ0n) is 7.20. The summed E-state index contributed by atoms with van der Waals surface area (Å²) in [5.74, 6) is -1.36. The highest BCUT2D eigenvalue weighted by atomic mass is 19.1. The average molecular weight is 198 g/mol. The molecule has 0 radical (unpaired) electrons. The molecule has 0 bridgehead atoms. The highest BCUT2D eigenvalue weighted by molar-refractivity contribution is 5.36. The van der Waals surface area contributed by atoms with Crippen LogP contribution >= 0.6 is 0 Å². The lowest BCUT2D eigenvalue weighted by molar-refractivity contribution is -0.392. The maximum Gasteiger partial charge on any atom is 0.400 e. The average Bonchev–Trinajstić information content (AvgIpc) is 2.16. The Bertz CT molecular complexity index is 394. The molecule has 5 nitrogen and oxygen atoms in total. The van der Waals surface area contributed by atoms with Crippen LogP contribution in [-0.2, 0) is 6.42 Å². The van der Waals surface area contributed by atoms with Crippen LogP contribution in [-0.4, -0.2) is 16.5 Å². The summed E-state index contributed by atoms with van der Waals surface area (Å²) in [5.41, 5.74) is 0.462. The first-order valence-corrected chi connectivity index (χ1v) is 4.15. The summed E-state index contributed by atoms with van der Waals surface area (Å²) >= 11 is 0. The lowest BCUT2D eigenvalue weighted by atomic mass is 10.1. The van der Waals surface area contributed by atoms with Crippen LogP contribution in [0.15, 0.2) is 6.07 Å². The fourth-order valence-corrected chi connectivity index (χ4v) is 1.35. The van der Waals surface area contributed by atoms with Crippen molar-refractivity contribution in [1.82, 2.24) is 4.98 Å². The summed E-state index contributed by atoms with van der Waals surface area (Å²) in [7, 11) is 0. The Labute approximate surface area is 78.7 Å². The van der Waals surface area contributed by atoms with E-state index in [4.69, 9.17) is 4.74 Å². The fraction of sp³-hybridized carbons (Fsp3) is 0.375. The van der Waals surface area contributed by atoms with E-state index in [1.165, 1.54) is 0 Å². The van der Waals surface area contributed by atoms with Crippen molar-refractivity contribution in [2.75, 3.05) is 6.61 Å². The van der Waals surface area contributed by atoms with E-state index >= 15 is 0 Å². The van der Waals surface area contributed by atoms with Crippen LogP contribution < -0.4 is 4.74 Å². The van der Waals surface area contributed by atoms with Gasteiger partial charge in [0, 0.05) is 12.5 Å². The lowest BCUT2D eigenvalue weighted by Crippen LogP contribution is -2.11. The minimum absolute atomic E-state index is 0.319. The van der Waals surface area contributed by atoms with Crippen LogP contribution in [0.25, 0.3) is 0 Å². The Hall–Kier alpha value is -1.72. The molecule has 2 heterocycles.